The molecule has 0 radical (unpaired) electrons. The van der Waals surface area contributed by atoms with Crippen LogP contribution < -0.4 is 5.32 Å². The maximum atomic E-state index is 13.6. The number of carbonyl (C=O) groups is 2. The monoisotopic (exact) mass is 395 g/mol. The summed E-state index contributed by atoms with van der Waals surface area (Å²) in [6, 6.07) is 21.7. The summed E-state index contributed by atoms with van der Waals surface area (Å²) < 4.78 is 31.8. The molecule has 0 saturated carbocycles. The van der Waals surface area contributed by atoms with E-state index in [1.165, 1.54) is 0 Å². The topological polar surface area (TPSA) is 55.4 Å². The van der Waals surface area contributed by atoms with Crippen LogP contribution in [0.1, 0.15) is 23.5 Å². The zero-order valence-corrected chi connectivity index (χ0v) is 15.5. The molecule has 3 rings (SSSR count). The minimum Gasteiger partial charge on any atom is -0.456 e. The molecule has 0 saturated heterocycles. The molecule has 1 N–H and O–H groups in total. The van der Waals surface area contributed by atoms with E-state index in [2.05, 4.69) is 5.32 Å². The van der Waals surface area contributed by atoms with E-state index in [1.54, 1.807) is 0 Å². The fourth-order valence-electron chi connectivity index (χ4n) is 2.95. The lowest BCUT2D eigenvalue weighted by molar-refractivity contribution is -0.147. The molecule has 3 aromatic rings. The third kappa shape index (κ3) is 5.72. The van der Waals surface area contributed by atoms with Crippen molar-refractivity contribution in [2.45, 2.75) is 12.3 Å². The Morgan fingerprint density at radius 1 is 0.862 bits per heavy atom. The lowest BCUT2D eigenvalue weighted by Gasteiger charge is -2.17. The molecule has 1 amide bonds. The fourth-order valence-corrected chi connectivity index (χ4v) is 2.95. The van der Waals surface area contributed by atoms with Crippen molar-refractivity contribution in [3.63, 3.8) is 0 Å². The number of amides is 1. The number of nitrogens with one attached hydrogen (secondary N) is 1. The standard InChI is InChI=1S/C23H19F2NO3/c24-18-11-12-20(25)21(13-18)26-22(27)15-29-23(28)14-19(16-7-3-1-4-8-16)17-9-5-2-6-10-17/h1-13,19H,14-15H2,(H,26,27). The first-order chi connectivity index (χ1) is 14.0. The molecule has 0 bridgehead atoms. The van der Waals surface area contributed by atoms with Gasteiger partial charge in [-0.1, -0.05) is 60.7 Å². The van der Waals surface area contributed by atoms with Crippen molar-refractivity contribution in [3.05, 3.63) is 102 Å². The summed E-state index contributed by atoms with van der Waals surface area (Å²) in [6.07, 6.45) is 0.0373. The molecule has 0 unspecified atom stereocenters. The first-order valence-corrected chi connectivity index (χ1v) is 9.03. The van der Waals surface area contributed by atoms with Crippen molar-refractivity contribution in [3.8, 4) is 0 Å². The smallest absolute Gasteiger partial charge is 0.307 e. The van der Waals surface area contributed by atoms with Gasteiger partial charge in [0.2, 0.25) is 0 Å². The minimum atomic E-state index is -0.778. The average Bonchev–Trinajstić information content (AvgIpc) is 2.74. The van der Waals surface area contributed by atoms with Gasteiger partial charge in [-0.15, -0.1) is 0 Å². The third-order valence-electron chi connectivity index (χ3n) is 4.34. The average molecular weight is 395 g/mol. The van der Waals surface area contributed by atoms with Crippen molar-refractivity contribution in [1.82, 2.24) is 0 Å². The summed E-state index contributed by atoms with van der Waals surface area (Å²) >= 11 is 0. The summed E-state index contributed by atoms with van der Waals surface area (Å²) in [5.41, 5.74) is 1.58. The van der Waals surface area contributed by atoms with E-state index in [1.807, 2.05) is 60.7 Å². The maximum absolute atomic E-state index is 13.6. The van der Waals surface area contributed by atoms with Gasteiger partial charge < -0.3 is 10.1 Å². The molecular formula is C23H19F2NO3. The number of hydrogen-bond acceptors (Lipinski definition) is 3. The molecule has 0 aliphatic rings. The molecule has 0 aromatic heterocycles. The quantitative estimate of drug-likeness (QED) is 0.592. The molecule has 0 aliphatic heterocycles. The molecule has 4 nitrogen and oxygen atoms in total. The highest BCUT2D eigenvalue weighted by Gasteiger charge is 2.20. The Kier molecular flexibility index (Phi) is 6.68. The Morgan fingerprint density at radius 2 is 1.45 bits per heavy atom. The van der Waals surface area contributed by atoms with Gasteiger partial charge in [-0.05, 0) is 23.3 Å². The molecule has 3 aromatic carbocycles. The van der Waals surface area contributed by atoms with Crippen molar-refractivity contribution in [2.24, 2.45) is 0 Å². The molecule has 0 heterocycles. The Morgan fingerprint density at radius 3 is 2.03 bits per heavy atom. The summed E-state index contributed by atoms with van der Waals surface area (Å²) in [7, 11) is 0. The number of carbonyl (C=O) groups excluding carboxylic acids is 2. The molecule has 6 heteroatoms. The van der Waals surface area contributed by atoms with Crippen LogP contribution in [0.4, 0.5) is 14.5 Å². The number of benzene rings is 3. The molecule has 0 atom stereocenters. The number of ether oxygens (including phenoxy) is 1. The summed E-state index contributed by atoms with van der Waals surface area (Å²) in [5, 5.41) is 2.19. The van der Waals surface area contributed by atoms with E-state index < -0.39 is 30.1 Å². The number of hydrogen-bond donors (Lipinski definition) is 1. The zero-order chi connectivity index (χ0) is 20.6. The van der Waals surface area contributed by atoms with Gasteiger partial charge in [-0.2, -0.15) is 0 Å². The van der Waals surface area contributed by atoms with Gasteiger partial charge in [-0.3, -0.25) is 9.59 Å². The molecule has 0 fully saturated rings. The van der Waals surface area contributed by atoms with E-state index in [4.69, 9.17) is 4.74 Å². The van der Waals surface area contributed by atoms with Crippen molar-refractivity contribution < 1.29 is 23.1 Å². The second-order valence-corrected chi connectivity index (χ2v) is 6.41. The van der Waals surface area contributed by atoms with Gasteiger partial charge >= 0.3 is 5.97 Å². The number of anilines is 1. The van der Waals surface area contributed by atoms with E-state index in [0.29, 0.717) is 0 Å². The van der Waals surface area contributed by atoms with Crippen LogP contribution in [0, 0.1) is 11.6 Å². The Bertz CT molecular complexity index is 938. The number of rotatable bonds is 7. The van der Waals surface area contributed by atoms with Gasteiger partial charge in [0, 0.05) is 12.0 Å². The normalized spacial score (nSPS) is 10.6. The highest BCUT2D eigenvalue weighted by atomic mass is 19.1. The summed E-state index contributed by atoms with van der Waals surface area (Å²) in [4.78, 5) is 24.3. The third-order valence-corrected chi connectivity index (χ3v) is 4.34. The highest BCUT2D eigenvalue weighted by Crippen LogP contribution is 2.28. The molecule has 29 heavy (non-hydrogen) atoms. The Hall–Kier alpha value is -3.54. The van der Waals surface area contributed by atoms with Gasteiger partial charge in [-0.25, -0.2) is 8.78 Å². The lowest BCUT2D eigenvalue weighted by Crippen LogP contribution is -2.22. The lowest BCUT2D eigenvalue weighted by atomic mass is 9.89. The van der Waals surface area contributed by atoms with Crippen LogP contribution in [0.5, 0.6) is 0 Å². The van der Waals surface area contributed by atoms with Crippen molar-refractivity contribution >= 4 is 17.6 Å². The van der Waals surface area contributed by atoms with Crippen LogP contribution in [-0.4, -0.2) is 18.5 Å². The number of halogens is 2. The summed E-state index contributed by atoms with van der Waals surface area (Å²) in [6.45, 7) is -0.592. The predicted molar refractivity (Wildman–Crippen MR) is 105 cm³/mol. The molecule has 0 aliphatic carbocycles. The first-order valence-electron chi connectivity index (χ1n) is 9.03. The van der Waals surface area contributed by atoms with Crippen LogP contribution in [0.2, 0.25) is 0 Å². The van der Waals surface area contributed by atoms with E-state index in [-0.39, 0.29) is 18.0 Å². The largest absolute Gasteiger partial charge is 0.456 e. The zero-order valence-electron chi connectivity index (χ0n) is 15.5. The molecule has 148 valence electrons. The van der Waals surface area contributed by atoms with E-state index >= 15 is 0 Å². The maximum Gasteiger partial charge on any atom is 0.307 e. The van der Waals surface area contributed by atoms with Crippen LogP contribution in [-0.2, 0) is 14.3 Å². The van der Waals surface area contributed by atoms with Gasteiger partial charge in [0.1, 0.15) is 11.6 Å². The van der Waals surface area contributed by atoms with E-state index in [0.717, 1.165) is 29.3 Å². The highest BCUT2D eigenvalue weighted by molar-refractivity contribution is 5.92. The first kappa shape index (κ1) is 20.2. The minimum absolute atomic E-state index is 0.0373. The molecule has 0 spiro atoms. The van der Waals surface area contributed by atoms with Gasteiger partial charge in [0.05, 0.1) is 12.1 Å². The van der Waals surface area contributed by atoms with Crippen LogP contribution in [0.25, 0.3) is 0 Å². The van der Waals surface area contributed by atoms with Crippen LogP contribution in [0.3, 0.4) is 0 Å². The van der Waals surface area contributed by atoms with E-state index in [9.17, 15) is 18.4 Å². The summed E-state index contributed by atoms with van der Waals surface area (Å²) in [5.74, 6) is -3.02. The van der Waals surface area contributed by atoms with Gasteiger partial charge in [0.15, 0.2) is 6.61 Å². The second-order valence-electron chi connectivity index (χ2n) is 6.41. The SMILES string of the molecule is O=C(COC(=O)CC(c1ccccc1)c1ccccc1)Nc1cc(F)ccc1F. The Labute approximate surface area is 167 Å². The molecular weight excluding hydrogens is 376 g/mol. The van der Waals surface area contributed by atoms with Crippen molar-refractivity contribution in [1.29, 1.82) is 0 Å². The second kappa shape index (κ2) is 9.59. The van der Waals surface area contributed by atoms with Crippen molar-refractivity contribution in [2.75, 3.05) is 11.9 Å². The van der Waals surface area contributed by atoms with Crippen LogP contribution >= 0.6 is 0 Å². The van der Waals surface area contributed by atoms with Gasteiger partial charge in [0.25, 0.3) is 5.91 Å². The Balaban J connectivity index is 1.62. The predicted octanol–water partition coefficient (Wildman–Crippen LogP) is 4.67. The fraction of sp³-hybridized carbons (Fsp3) is 0.130. The van der Waals surface area contributed by atoms with Crippen LogP contribution in [0.15, 0.2) is 78.9 Å². The number of esters is 1.